The number of fused-ring (bicyclic) bond motifs is 2. The number of aromatic carboxylic acids is 1. The van der Waals surface area contributed by atoms with E-state index in [9.17, 15) is 76.8 Å². The number of rotatable bonds is 17. The number of hydrogen-bond donors (Lipinski definition) is 14. The van der Waals surface area contributed by atoms with Crippen molar-refractivity contribution in [3.63, 3.8) is 0 Å². The number of phenolic OH excluding ortho intramolecular Hbond substituents is 2. The molecule has 1 aromatic heterocycles. The van der Waals surface area contributed by atoms with Crippen LogP contribution in [0.25, 0.3) is 27.2 Å². The Hall–Kier alpha value is -8.04. The smallest absolute Gasteiger partial charge is 0.356 e. The number of aromatic hydroxyl groups is 2. The van der Waals surface area contributed by atoms with E-state index in [0.29, 0.717) is 6.07 Å². The van der Waals surface area contributed by atoms with Crippen LogP contribution in [-0.4, -0.2) is 97.2 Å². The number of hydrogen-bond acceptors (Lipinski definition) is 20. The topological polar surface area (TPSA) is 424 Å². The second-order valence-electron chi connectivity index (χ2n) is 14.3. The van der Waals surface area contributed by atoms with E-state index in [1.807, 2.05) is 0 Å². The van der Waals surface area contributed by atoms with Crippen molar-refractivity contribution in [2.24, 2.45) is 0 Å². The molecule has 0 spiro atoms. The molecular weight excluding hydrogens is 1000 g/mol. The molecule has 7 aromatic rings. The maximum atomic E-state index is 13.3. The quantitative estimate of drug-likeness (QED) is 0.0349. The Labute approximate surface area is 387 Å². The fraction of sp³-hybridized carbons (Fsp3) is 0.0526. The molecule has 0 aliphatic heterocycles. The molecule has 0 amide bonds. The van der Waals surface area contributed by atoms with Crippen molar-refractivity contribution in [2.75, 3.05) is 46.8 Å². The second-order valence-corrected chi connectivity index (χ2v) is 19.9. The lowest BCUT2D eigenvalue weighted by Crippen LogP contribution is -2.21. The van der Waals surface area contributed by atoms with Crippen LogP contribution in [0.2, 0.25) is 0 Å². The van der Waals surface area contributed by atoms with Gasteiger partial charge in [0, 0.05) is 29.0 Å². The van der Waals surface area contributed by atoms with E-state index >= 15 is 0 Å². The Morgan fingerprint density at radius 1 is 0.580 bits per heavy atom. The third kappa shape index (κ3) is 10.00. The SMILES string of the molecule is COc1cc(NNc2cc(S(=O)(=O)O)cc3cc(S(=O)(=O)O)cc(O)c23)c(OC)cc1NNc1c(S(=O)(=O)O)cc2cc(NNc3c(C(=O)O)[nH]n(-c4ccc(S(=O)(=O)O)cc4)c3=O)ccc2c1O. The predicted molar refractivity (Wildman–Crippen MR) is 245 cm³/mol. The number of ether oxygens (including phenoxy) is 2. The molecule has 0 aliphatic carbocycles. The third-order valence-corrected chi connectivity index (χ3v) is 13.3. The summed E-state index contributed by atoms with van der Waals surface area (Å²) >= 11 is 0. The molecule has 1 heterocycles. The Morgan fingerprint density at radius 3 is 1.65 bits per heavy atom. The molecule has 0 atom stereocenters. The molecule has 0 fully saturated rings. The van der Waals surface area contributed by atoms with E-state index in [-0.39, 0.29) is 61.5 Å². The highest BCUT2D eigenvalue weighted by Crippen LogP contribution is 2.42. The van der Waals surface area contributed by atoms with E-state index in [4.69, 9.17) is 9.47 Å². The summed E-state index contributed by atoms with van der Waals surface area (Å²) < 4.78 is 147. The highest BCUT2D eigenvalue weighted by molar-refractivity contribution is 7.86. The third-order valence-electron chi connectivity index (χ3n) is 9.93. The van der Waals surface area contributed by atoms with E-state index in [2.05, 4.69) is 37.7 Å². The number of carbonyl (C=O) groups is 1. The number of H-pyrrole nitrogens is 1. The number of nitrogens with one attached hydrogen (secondary N) is 7. The van der Waals surface area contributed by atoms with Gasteiger partial charge in [-0.1, -0.05) is 0 Å². The van der Waals surface area contributed by atoms with Gasteiger partial charge >= 0.3 is 5.97 Å². The second kappa shape index (κ2) is 17.9. The first-order chi connectivity index (χ1) is 32.2. The first-order valence-electron chi connectivity index (χ1n) is 18.7. The summed E-state index contributed by atoms with van der Waals surface area (Å²) in [6, 6.07) is 15.0. The number of anilines is 6. The monoisotopic (exact) mass is 1030 g/mol. The number of carboxylic acids is 1. The van der Waals surface area contributed by atoms with Gasteiger partial charge in [0.1, 0.15) is 33.6 Å². The molecule has 0 bridgehead atoms. The van der Waals surface area contributed by atoms with Crippen LogP contribution in [0.4, 0.5) is 34.1 Å². The number of benzene rings is 6. The highest BCUT2D eigenvalue weighted by Gasteiger charge is 2.25. The zero-order valence-corrected chi connectivity index (χ0v) is 38.0. The van der Waals surface area contributed by atoms with Gasteiger partial charge in [0.2, 0.25) is 0 Å². The van der Waals surface area contributed by atoms with Crippen molar-refractivity contribution in [3.8, 4) is 28.7 Å². The van der Waals surface area contributed by atoms with E-state index in [1.54, 1.807) is 0 Å². The van der Waals surface area contributed by atoms with E-state index in [0.717, 1.165) is 53.2 Å². The molecule has 0 unspecified atom stereocenters. The van der Waals surface area contributed by atoms with Crippen LogP contribution in [0.15, 0.2) is 109 Å². The van der Waals surface area contributed by atoms with Gasteiger partial charge in [-0.25, -0.2) is 9.48 Å². The lowest BCUT2D eigenvalue weighted by molar-refractivity contribution is 0.0690. The standard InChI is InChI=1S/C38H34N8O19S4/c1-64-29-16-26(30(65-2)15-25(29)40-42-27-13-22(67(55,56)57)10-18-11-23(68(58,59)60)14-28(47)32(18)27)41-43-33-31(69(61,62)63)12-17-9-19(3-8-24(17)36(33)48)39-44-34-35(38(50)51)45-46(37(34)49)20-4-6-21(7-5-20)66(52,53)54/h3-16,39-45,47-48H,1-2H3,(H,50,51)(H,52,53,54)(H,55,56,57)(H,58,59,60)(H,61,62,63). The minimum atomic E-state index is -5.13. The number of carboxylic acid groups (broad SMARTS) is 1. The molecular formula is C38H34N8O19S4. The average molecular weight is 1030 g/mol. The van der Waals surface area contributed by atoms with Gasteiger partial charge in [0.15, 0.2) is 11.4 Å². The Balaban J connectivity index is 1.16. The van der Waals surface area contributed by atoms with Gasteiger partial charge in [-0.3, -0.25) is 55.2 Å². The van der Waals surface area contributed by atoms with Crippen LogP contribution in [-0.2, 0) is 40.5 Å². The molecule has 0 saturated heterocycles. The van der Waals surface area contributed by atoms with Crippen molar-refractivity contribution < 1.29 is 81.5 Å². The van der Waals surface area contributed by atoms with Crippen LogP contribution in [0, 0.1) is 0 Å². The van der Waals surface area contributed by atoms with Crippen LogP contribution >= 0.6 is 0 Å². The molecule has 6 aromatic carbocycles. The Morgan fingerprint density at radius 2 is 1.12 bits per heavy atom. The number of methoxy groups -OCH3 is 2. The molecule has 14 N–H and O–H groups in total. The summed E-state index contributed by atoms with van der Waals surface area (Å²) in [6.45, 7) is 0. The van der Waals surface area contributed by atoms with Crippen LogP contribution in [0.5, 0.6) is 23.0 Å². The summed E-state index contributed by atoms with van der Waals surface area (Å²) in [4.78, 5) is 22.5. The van der Waals surface area contributed by atoms with E-state index in [1.165, 1.54) is 44.6 Å². The normalized spacial score (nSPS) is 12.1. The first kappa shape index (κ1) is 48.9. The lowest BCUT2D eigenvalue weighted by Gasteiger charge is -2.21. The fourth-order valence-corrected chi connectivity index (χ4v) is 8.99. The summed E-state index contributed by atoms with van der Waals surface area (Å²) in [5, 5.41) is 33.9. The lowest BCUT2D eigenvalue weighted by atomic mass is 10.1. The molecule has 31 heteroatoms. The van der Waals surface area contributed by atoms with Gasteiger partial charge in [-0.15, -0.1) is 0 Å². The largest absolute Gasteiger partial charge is 0.507 e. The highest BCUT2D eigenvalue weighted by atomic mass is 32.2. The van der Waals surface area contributed by atoms with Crippen LogP contribution in [0.3, 0.4) is 0 Å². The van der Waals surface area contributed by atoms with Gasteiger partial charge in [-0.2, -0.15) is 33.7 Å². The summed E-state index contributed by atoms with van der Waals surface area (Å²) in [7, 11) is -17.0. The van der Waals surface area contributed by atoms with Gasteiger partial charge in [0.05, 0.1) is 57.3 Å². The first-order valence-corrected chi connectivity index (χ1v) is 24.5. The molecule has 0 aliphatic rings. The number of nitrogens with zero attached hydrogens (tertiary/aromatic N) is 1. The van der Waals surface area contributed by atoms with Crippen LogP contribution in [0.1, 0.15) is 10.5 Å². The molecule has 364 valence electrons. The number of aromatic nitrogens is 2. The summed E-state index contributed by atoms with van der Waals surface area (Å²) in [6.07, 6.45) is 0. The van der Waals surface area contributed by atoms with Crippen molar-refractivity contribution >= 4 is 102 Å². The molecule has 7 rings (SSSR count). The molecule has 27 nitrogen and oxygen atoms in total. The number of hydrazine groups is 3. The van der Waals surface area contributed by atoms with Crippen molar-refractivity contribution in [2.45, 2.75) is 19.6 Å². The number of aromatic amines is 1. The average Bonchev–Trinajstić information content (AvgIpc) is 3.61. The fourth-order valence-electron chi connectivity index (χ4n) is 6.75. The molecule has 0 saturated carbocycles. The predicted octanol–water partition coefficient (Wildman–Crippen LogP) is 3.90. The Bertz CT molecular complexity index is 3780. The van der Waals surface area contributed by atoms with Gasteiger partial charge < -0.3 is 30.2 Å². The minimum absolute atomic E-state index is 0.00169. The van der Waals surface area contributed by atoms with Crippen LogP contribution < -0.4 is 47.6 Å². The molecule has 69 heavy (non-hydrogen) atoms. The van der Waals surface area contributed by atoms with Gasteiger partial charge in [-0.05, 0) is 77.5 Å². The Kier molecular flexibility index (Phi) is 12.7. The maximum absolute atomic E-state index is 13.3. The van der Waals surface area contributed by atoms with Crippen molar-refractivity contribution in [3.05, 3.63) is 101 Å². The van der Waals surface area contributed by atoms with Crippen molar-refractivity contribution in [1.29, 1.82) is 0 Å². The zero-order valence-electron chi connectivity index (χ0n) is 34.7. The molecule has 0 radical (unpaired) electrons. The maximum Gasteiger partial charge on any atom is 0.356 e. The van der Waals surface area contributed by atoms with E-state index < -0.39 is 100 Å². The minimum Gasteiger partial charge on any atom is -0.507 e. The van der Waals surface area contributed by atoms with Gasteiger partial charge in [0.25, 0.3) is 46.0 Å². The number of phenols is 2. The summed E-state index contributed by atoms with van der Waals surface area (Å²) in [5.41, 5.74) is 12.8. The summed E-state index contributed by atoms with van der Waals surface area (Å²) in [5.74, 6) is -3.04. The zero-order chi connectivity index (χ0) is 50.5. The van der Waals surface area contributed by atoms with Crippen molar-refractivity contribution in [1.82, 2.24) is 9.78 Å².